The van der Waals surface area contributed by atoms with Crippen LogP contribution in [0.5, 0.6) is 0 Å². The molecule has 2 aromatic rings. The van der Waals surface area contributed by atoms with Crippen molar-refractivity contribution in [3.63, 3.8) is 0 Å². The van der Waals surface area contributed by atoms with Crippen molar-refractivity contribution in [2.75, 3.05) is 0 Å². The third-order valence-electron chi connectivity index (χ3n) is 2.47. The zero-order chi connectivity index (χ0) is 13.0. The number of rotatable bonds is 5. The van der Waals surface area contributed by atoms with Crippen LogP contribution in [0.3, 0.4) is 0 Å². The summed E-state index contributed by atoms with van der Waals surface area (Å²) in [6, 6.07) is 9.17. The van der Waals surface area contributed by atoms with Gasteiger partial charge in [0, 0.05) is 19.4 Å². The van der Waals surface area contributed by atoms with E-state index < -0.39 is 10.1 Å². The zero-order valence-corrected chi connectivity index (χ0v) is 10.8. The van der Waals surface area contributed by atoms with Gasteiger partial charge in [0.25, 0.3) is 10.1 Å². The lowest BCUT2D eigenvalue weighted by Crippen LogP contribution is -2.12. The smallest absolute Gasteiger partial charge is 0.274 e. The summed E-state index contributed by atoms with van der Waals surface area (Å²) in [5, 5.41) is 0. The Bertz CT molecular complexity index is 605. The summed E-state index contributed by atoms with van der Waals surface area (Å²) in [6.07, 6.45) is 3.25. The van der Waals surface area contributed by atoms with Gasteiger partial charge in [0.2, 0.25) is 0 Å². The Morgan fingerprint density at radius 3 is 2.61 bits per heavy atom. The summed E-state index contributed by atoms with van der Waals surface area (Å²) < 4.78 is 30.1. The molecule has 0 saturated heterocycles. The van der Waals surface area contributed by atoms with Gasteiger partial charge in [0.15, 0.2) is 0 Å². The molecule has 0 atom stereocenters. The van der Waals surface area contributed by atoms with Crippen molar-refractivity contribution in [2.45, 2.75) is 12.4 Å². The fraction of sp³-hybridized carbons (Fsp3) is 0.250. The van der Waals surface area contributed by atoms with Crippen molar-refractivity contribution in [2.24, 2.45) is 7.05 Å². The van der Waals surface area contributed by atoms with E-state index in [1.165, 1.54) is 0 Å². The first kappa shape index (κ1) is 12.8. The number of benzene rings is 1. The average molecular weight is 266 g/mol. The van der Waals surface area contributed by atoms with Gasteiger partial charge in [-0.05, 0) is 5.56 Å². The normalized spacial score (nSPS) is 11.6. The third kappa shape index (κ3) is 3.41. The molecule has 0 aliphatic heterocycles. The van der Waals surface area contributed by atoms with Crippen LogP contribution in [0, 0.1) is 0 Å². The number of aromatic nitrogens is 2. The summed E-state index contributed by atoms with van der Waals surface area (Å²) in [6.45, 7) is 0.0492. The molecule has 5 nitrogen and oxygen atoms in total. The summed E-state index contributed by atoms with van der Waals surface area (Å²) in [5.41, 5.74) is 0.820. The molecule has 96 valence electrons. The molecule has 2 rings (SSSR count). The number of aryl methyl sites for hydroxylation is 1. The van der Waals surface area contributed by atoms with Crippen LogP contribution in [0.15, 0.2) is 42.7 Å². The molecule has 1 aromatic heterocycles. The predicted molar refractivity (Wildman–Crippen MR) is 67.1 cm³/mol. The van der Waals surface area contributed by atoms with Gasteiger partial charge in [0.05, 0.1) is 6.61 Å². The van der Waals surface area contributed by atoms with Crippen LogP contribution in [-0.2, 0) is 33.7 Å². The lowest BCUT2D eigenvalue weighted by Gasteiger charge is -2.05. The van der Waals surface area contributed by atoms with Crippen LogP contribution in [0.2, 0.25) is 0 Å². The van der Waals surface area contributed by atoms with Crippen LogP contribution >= 0.6 is 0 Å². The Hall–Kier alpha value is -1.66. The lowest BCUT2D eigenvalue weighted by atomic mass is 10.2. The van der Waals surface area contributed by atoms with Crippen LogP contribution in [0.4, 0.5) is 0 Å². The highest BCUT2D eigenvalue weighted by Gasteiger charge is 2.15. The molecule has 0 N–H and O–H groups in total. The van der Waals surface area contributed by atoms with E-state index in [1.54, 1.807) is 24.0 Å². The van der Waals surface area contributed by atoms with E-state index in [0.717, 1.165) is 5.56 Å². The standard InChI is InChI=1S/C12H14N2O3S/c1-14-8-7-13-12(14)10-18(15,16)17-9-11-5-3-2-4-6-11/h2-8H,9-10H2,1H3. The minimum Gasteiger partial charge on any atom is -0.337 e. The van der Waals surface area contributed by atoms with Crippen LogP contribution in [0.25, 0.3) is 0 Å². The minimum absolute atomic E-state index is 0.0492. The van der Waals surface area contributed by atoms with Gasteiger partial charge in [-0.3, -0.25) is 4.18 Å². The van der Waals surface area contributed by atoms with E-state index in [1.807, 2.05) is 30.3 Å². The number of hydrogen-bond acceptors (Lipinski definition) is 4. The fourth-order valence-electron chi connectivity index (χ4n) is 1.47. The van der Waals surface area contributed by atoms with Gasteiger partial charge in [-0.15, -0.1) is 0 Å². The van der Waals surface area contributed by atoms with E-state index in [9.17, 15) is 8.42 Å². The molecule has 0 radical (unpaired) electrons. The van der Waals surface area contributed by atoms with Crippen LogP contribution in [0.1, 0.15) is 11.4 Å². The quantitative estimate of drug-likeness (QED) is 0.769. The predicted octanol–water partition coefficient (Wildman–Crippen LogP) is 1.47. The second kappa shape index (κ2) is 5.32. The largest absolute Gasteiger partial charge is 0.337 e. The van der Waals surface area contributed by atoms with Crippen LogP contribution in [-0.4, -0.2) is 18.0 Å². The van der Waals surface area contributed by atoms with E-state index in [0.29, 0.717) is 5.82 Å². The van der Waals surface area contributed by atoms with Gasteiger partial charge >= 0.3 is 0 Å². The summed E-state index contributed by atoms with van der Waals surface area (Å²) in [4.78, 5) is 3.96. The number of hydrogen-bond donors (Lipinski definition) is 0. The van der Waals surface area contributed by atoms with Gasteiger partial charge in [0.1, 0.15) is 11.6 Å². The van der Waals surface area contributed by atoms with E-state index in [-0.39, 0.29) is 12.4 Å². The molecule has 0 fully saturated rings. The Morgan fingerprint density at radius 1 is 1.28 bits per heavy atom. The molecule has 0 spiro atoms. The second-order valence-corrected chi connectivity index (χ2v) is 5.54. The van der Waals surface area contributed by atoms with E-state index in [2.05, 4.69) is 4.98 Å². The molecule has 0 bridgehead atoms. The molecule has 0 aliphatic rings. The number of nitrogens with zero attached hydrogens (tertiary/aromatic N) is 2. The van der Waals surface area contributed by atoms with E-state index >= 15 is 0 Å². The highest BCUT2D eigenvalue weighted by molar-refractivity contribution is 7.85. The zero-order valence-electron chi connectivity index (χ0n) is 9.98. The topological polar surface area (TPSA) is 61.2 Å². The maximum atomic E-state index is 11.7. The summed E-state index contributed by atoms with van der Waals surface area (Å²) in [7, 11) is -1.86. The Balaban J connectivity index is 1.98. The Kier molecular flexibility index (Phi) is 3.78. The summed E-state index contributed by atoms with van der Waals surface area (Å²) in [5.74, 6) is 0.242. The minimum atomic E-state index is -3.61. The molecule has 0 saturated carbocycles. The molecular weight excluding hydrogens is 252 g/mol. The molecule has 0 amide bonds. The fourth-order valence-corrected chi connectivity index (χ4v) is 2.46. The third-order valence-corrected chi connectivity index (χ3v) is 3.56. The molecule has 0 unspecified atom stereocenters. The lowest BCUT2D eigenvalue weighted by molar-refractivity contribution is 0.306. The van der Waals surface area contributed by atoms with Crippen molar-refractivity contribution < 1.29 is 12.6 Å². The first-order valence-electron chi connectivity index (χ1n) is 5.44. The average Bonchev–Trinajstić information content (AvgIpc) is 2.73. The molecule has 1 aromatic carbocycles. The van der Waals surface area contributed by atoms with Gasteiger partial charge < -0.3 is 4.57 Å². The monoisotopic (exact) mass is 266 g/mol. The Labute approximate surface area is 106 Å². The first-order valence-corrected chi connectivity index (χ1v) is 7.02. The van der Waals surface area contributed by atoms with Crippen molar-refractivity contribution >= 4 is 10.1 Å². The highest BCUT2D eigenvalue weighted by atomic mass is 32.2. The molecule has 6 heteroatoms. The van der Waals surface area contributed by atoms with Crippen molar-refractivity contribution in [3.05, 3.63) is 54.1 Å². The molecule has 1 heterocycles. The first-order chi connectivity index (χ1) is 8.57. The van der Waals surface area contributed by atoms with Gasteiger partial charge in [-0.25, -0.2) is 4.98 Å². The highest BCUT2D eigenvalue weighted by Crippen LogP contribution is 2.08. The maximum absolute atomic E-state index is 11.7. The van der Waals surface area contributed by atoms with E-state index in [4.69, 9.17) is 4.18 Å². The van der Waals surface area contributed by atoms with Gasteiger partial charge in [-0.1, -0.05) is 30.3 Å². The molecule has 0 aliphatic carbocycles. The summed E-state index contributed by atoms with van der Waals surface area (Å²) >= 11 is 0. The van der Waals surface area contributed by atoms with Crippen molar-refractivity contribution in [3.8, 4) is 0 Å². The molecule has 18 heavy (non-hydrogen) atoms. The van der Waals surface area contributed by atoms with Crippen LogP contribution < -0.4 is 0 Å². The van der Waals surface area contributed by atoms with Crippen molar-refractivity contribution in [1.82, 2.24) is 9.55 Å². The second-order valence-electron chi connectivity index (χ2n) is 3.90. The Morgan fingerprint density at radius 2 is 2.00 bits per heavy atom. The molecular formula is C12H14N2O3S. The van der Waals surface area contributed by atoms with Gasteiger partial charge in [-0.2, -0.15) is 8.42 Å². The SMILES string of the molecule is Cn1ccnc1CS(=O)(=O)OCc1ccccc1. The maximum Gasteiger partial charge on any atom is 0.274 e. The van der Waals surface area contributed by atoms with Crippen molar-refractivity contribution in [1.29, 1.82) is 0 Å². The number of imidazole rings is 1.